The molecule has 0 spiro atoms. The lowest BCUT2D eigenvalue weighted by Crippen LogP contribution is -2.03. The van der Waals surface area contributed by atoms with Crippen molar-refractivity contribution in [3.8, 4) is 11.1 Å². The number of aliphatic hydroxyl groups excluding tert-OH is 1. The van der Waals surface area contributed by atoms with Crippen molar-refractivity contribution in [1.82, 2.24) is 0 Å². The molecule has 2 aromatic carbocycles. The smallest absolute Gasteiger partial charge is 0.159 e. The van der Waals surface area contributed by atoms with Crippen molar-refractivity contribution < 1.29 is 14.3 Å². The molecule has 0 fully saturated rings. The molecule has 0 saturated carbocycles. The summed E-state index contributed by atoms with van der Waals surface area (Å²) in [6.07, 6.45) is 19.7. The Morgan fingerprint density at radius 3 is 2.08 bits per heavy atom. The number of Topliss-reactive ketones (excluding diaryl/α,β-unsaturated/α-hetero) is 1. The van der Waals surface area contributed by atoms with Crippen LogP contribution in [-0.2, 0) is 0 Å². The Bertz CT molecular complexity index is 1260. The highest BCUT2D eigenvalue weighted by atomic mass is 19.1. The van der Waals surface area contributed by atoms with E-state index in [1.807, 2.05) is 25.3 Å². The number of hydrogen-bond donors (Lipinski definition) is 1. The van der Waals surface area contributed by atoms with E-state index in [4.69, 9.17) is 5.11 Å². The first-order valence-corrected chi connectivity index (χ1v) is 18.5. The third-order valence-electron chi connectivity index (χ3n) is 8.52. The van der Waals surface area contributed by atoms with Gasteiger partial charge in [0.05, 0.1) is 5.69 Å². The van der Waals surface area contributed by atoms with Gasteiger partial charge in [0.15, 0.2) is 5.78 Å². The van der Waals surface area contributed by atoms with E-state index in [1.165, 1.54) is 82.8 Å². The predicted molar refractivity (Wildman–Crippen MR) is 213 cm³/mol. The fourth-order valence-corrected chi connectivity index (χ4v) is 5.11. The number of azo groups is 1. The molecule has 276 valence electrons. The van der Waals surface area contributed by atoms with Crippen LogP contribution < -0.4 is 0 Å². The van der Waals surface area contributed by atoms with Crippen molar-refractivity contribution in [3.63, 3.8) is 0 Å². The van der Waals surface area contributed by atoms with E-state index in [1.54, 1.807) is 25.2 Å². The molecule has 0 saturated heterocycles. The number of unbranched alkanes of at least 4 members (excludes halogenated alkanes) is 3. The molecule has 2 unspecified atom stereocenters. The average molecular weight is 680 g/mol. The highest BCUT2D eigenvalue weighted by molar-refractivity contribution is 5.94. The number of aryl methyl sites for hydroxylation is 1. The Morgan fingerprint density at radius 2 is 1.59 bits per heavy atom. The van der Waals surface area contributed by atoms with Gasteiger partial charge in [-0.3, -0.25) is 9.79 Å². The van der Waals surface area contributed by atoms with Crippen LogP contribution in [0.2, 0.25) is 0 Å². The van der Waals surface area contributed by atoms with E-state index in [0.29, 0.717) is 22.4 Å². The number of halogens is 1. The summed E-state index contributed by atoms with van der Waals surface area (Å²) in [5, 5.41) is 14.8. The maximum atomic E-state index is 14.1. The third-order valence-corrected chi connectivity index (χ3v) is 8.52. The summed E-state index contributed by atoms with van der Waals surface area (Å²) < 4.78 is 14.1. The van der Waals surface area contributed by atoms with Crippen molar-refractivity contribution in [2.75, 3.05) is 14.2 Å². The van der Waals surface area contributed by atoms with E-state index in [9.17, 15) is 9.18 Å². The number of rotatable bonds is 18. The number of hydrogen-bond acceptors (Lipinski definition) is 5. The van der Waals surface area contributed by atoms with E-state index in [0.717, 1.165) is 43.0 Å². The Hall–Kier alpha value is -3.25. The summed E-state index contributed by atoms with van der Waals surface area (Å²) in [5.41, 5.74) is 5.52. The van der Waals surface area contributed by atoms with E-state index >= 15 is 0 Å². The first-order valence-electron chi connectivity index (χ1n) is 18.5. The van der Waals surface area contributed by atoms with Crippen molar-refractivity contribution >= 4 is 17.7 Å². The number of allylic oxidation sites excluding steroid dienone is 3. The topological polar surface area (TPSA) is 74.4 Å². The second-order valence-electron chi connectivity index (χ2n) is 12.6. The van der Waals surface area contributed by atoms with Gasteiger partial charge in [0.2, 0.25) is 0 Å². The lowest BCUT2D eigenvalue weighted by molar-refractivity contribution is 0.101. The van der Waals surface area contributed by atoms with Gasteiger partial charge in [0.25, 0.3) is 0 Å². The first kappa shape index (κ1) is 47.9. The van der Waals surface area contributed by atoms with Crippen LogP contribution in [0.1, 0.15) is 148 Å². The van der Waals surface area contributed by atoms with Gasteiger partial charge in [-0.15, -0.1) is 0 Å². The van der Waals surface area contributed by atoms with Crippen LogP contribution in [0.4, 0.5) is 10.1 Å². The van der Waals surface area contributed by atoms with E-state index in [-0.39, 0.29) is 5.78 Å². The number of benzene rings is 2. The van der Waals surface area contributed by atoms with Crippen LogP contribution >= 0.6 is 0 Å². The Kier molecular flexibility index (Phi) is 30.1. The highest BCUT2D eigenvalue weighted by Crippen LogP contribution is 2.30. The van der Waals surface area contributed by atoms with Crippen LogP contribution in [0.25, 0.3) is 11.1 Å². The van der Waals surface area contributed by atoms with Gasteiger partial charge < -0.3 is 5.11 Å². The second-order valence-corrected chi connectivity index (χ2v) is 12.6. The van der Waals surface area contributed by atoms with Crippen LogP contribution in [0.3, 0.4) is 0 Å². The normalized spacial score (nSPS) is 12.3. The third kappa shape index (κ3) is 22.2. The van der Waals surface area contributed by atoms with Gasteiger partial charge in [0, 0.05) is 37.2 Å². The molecule has 2 aromatic rings. The molecule has 2 rings (SSSR count). The Morgan fingerprint density at radius 1 is 0.939 bits per heavy atom. The number of carbonyl (C=O) groups is 1. The van der Waals surface area contributed by atoms with Gasteiger partial charge in [-0.2, -0.15) is 10.2 Å². The standard InChI is InChI=1S/C20H37N.C16H15FN2O.C6H14.CH4O/c1-7-11-20(10-4)15-13-17(5)12-14-18(6)21-16-19(8-2)9-3;1-10-4-5-13(9-16(10)19-18-3)14-7-6-12(11(2)20)8-15(14)17;1-3-5-6-4-2;1-2/h8,16-17,20H,6-7,9-15H2,1-5H3;4-9H,1-3H3;3-6H2,1-2H3;2H,1H3/b19-8-,21-16?;;;. The molecule has 0 heterocycles. The van der Waals surface area contributed by atoms with Gasteiger partial charge in [-0.25, -0.2) is 4.39 Å². The molecule has 0 aromatic heterocycles. The fourth-order valence-electron chi connectivity index (χ4n) is 5.11. The lowest BCUT2D eigenvalue weighted by atomic mass is 9.90. The molecule has 6 heteroatoms. The van der Waals surface area contributed by atoms with Crippen LogP contribution in [-0.4, -0.2) is 31.3 Å². The number of carbonyl (C=O) groups excluding carboxylic acids is 1. The minimum absolute atomic E-state index is 0.153. The fraction of sp³-hybridized carbons (Fsp3) is 0.581. The molecule has 0 aliphatic carbocycles. The number of aliphatic imine (C=N–C) groups is 1. The van der Waals surface area contributed by atoms with Crippen LogP contribution in [0.15, 0.2) is 75.5 Å². The largest absolute Gasteiger partial charge is 0.400 e. The molecule has 0 bridgehead atoms. The minimum atomic E-state index is -0.416. The van der Waals surface area contributed by atoms with Gasteiger partial charge >= 0.3 is 0 Å². The van der Waals surface area contributed by atoms with Crippen LogP contribution in [0.5, 0.6) is 0 Å². The number of ketones is 1. The number of nitrogens with zero attached hydrogens (tertiary/aromatic N) is 3. The molecule has 0 aliphatic rings. The quantitative estimate of drug-likeness (QED) is 0.0737. The van der Waals surface area contributed by atoms with Gasteiger partial charge in [-0.05, 0) is 80.7 Å². The summed E-state index contributed by atoms with van der Waals surface area (Å²) in [5.74, 6) is 1.15. The molecule has 0 radical (unpaired) electrons. The molecule has 49 heavy (non-hydrogen) atoms. The summed E-state index contributed by atoms with van der Waals surface area (Å²) in [7, 11) is 2.59. The SMILES string of the molecule is C=C(CCC(C)CCC(CC)CCC)N=C/C(=C\C)CC.CCCCCC.CN=Nc1cc(-c2ccc(C(C)=O)cc2F)ccc1C.CO. The summed E-state index contributed by atoms with van der Waals surface area (Å²) in [6, 6.07) is 9.99. The van der Waals surface area contributed by atoms with Crippen LogP contribution in [0, 0.1) is 24.6 Å². The highest BCUT2D eigenvalue weighted by Gasteiger charge is 2.11. The van der Waals surface area contributed by atoms with Crippen molar-refractivity contribution in [3.05, 3.63) is 77.3 Å². The lowest BCUT2D eigenvalue weighted by Gasteiger charge is -2.17. The molecule has 1 N–H and O–H groups in total. The molecule has 2 atom stereocenters. The zero-order chi connectivity index (χ0) is 37.6. The molecule has 0 aliphatic heterocycles. The monoisotopic (exact) mass is 680 g/mol. The van der Waals surface area contributed by atoms with Crippen molar-refractivity contribution in [1.29, 1.82) is 0 Å². The zero-order valence-corrected chi connectivity index (χ0v) is 33.0. The first-order chi connectivity index (χ1) is 23.5. The molecular weight excluding hydrogens is 609 g/mol. The summed E-state index contributed by atoms with van der Waals surface area (Å²) >= 11 is 0. The van der Waals surface area contributed by atoms with Gasteiger partial charge in [-0.1, -0.05) is 136 Å². The molecular formula is C43H70FN3O2. The van der Waals surface area contributed by atoms with E-state index < -0.39 is 5.82 Å². The van der Waals surface area contributed by atoms with Gasteiger partial charge in [0.1, 0.15) is 5.82 Å². The molecule has 5 nitrogen and oxygen atoms in total. The minimum Gasteiger partial charge on any atom is -0.400 e. The second kappa shape index (κ2) is 30.8. The van der Waals surface area contributed by atoms with E-state index in [2.05, 4.69) is 76.3 Å². The van der Waals surface area contributed by atoms with Crippen molar-refractivity contribution in [2.45, 2.75) is 139 Å². The Balaban J connectivity index is 0. The maximum absolute atomic E-state index is 14.1. The Labute approximate surface area is 300 Å². The van der Waals surface area contributed by atoms with Crippen molar-refractivity contribution in [2.24, 2.45) is 27.1 Å². The average Bonchev–Trinajstić information content (AvgIpc) is 3.11. The predicted octanol–water partition coefficient (Wildman–Crippen LogP) is 13.9. The number of aliphatic hydroxyl groups is 1. The zero-order valence-electron chi connectivity index (χ0n) is 33.0. The molecule has 0 amide bonds. The summed E-state index contributed by atoms with van der Waals surface area (Å²) in [6.45, 7) is 23.1. The maximum Gasteiger partial charge on any atom is 0.159 e. The summed E-state index contributed by atoms with van der Waals surface area (Å²) in [4.78, 5) is 15.7.